The maximum atomic E-state index is 6.23. The Hall–Kier alpha value is -2.40. The molecule has 3 aromatic rings. The fourth-order valence-corrected chi connectivity index (χ4v) is 2.25. The Morgan fingerprint density at radius 2 is 1.71 bits per heavy atom. The number of anilines is 2. The van der Waals surface area contributed by atoms with E-state index in [0.29, 0.717) is 11.0 Å². The molecule has 0 aliphatic rings. The fraction of sp³-hybridized carbons (Fsp3) is 0.133. The van der Waals surface area contributed by atoms with Crippen LogP contribution < -0.4 is 5.32 Å². The Bertz CT molecular complexity index is 764. The summed E-state index contributed by atoms with van der Waals surface area (Å²) in [7, 11) is 0. The number of halogens is 1. The molecule has 2 aromatic carbocycles. The van der Waals surface area contributed by atoms with Gasteiger partial charge in [0.2, 0.25) is 0 Å². The van der Waals surface area contributed by atoms with Crippen LogP contribution in [0.15, 0.2) is 42.5 Å². The molecule has 0 aliphatic heterocycles. The summed E-state index contributed by atoms with van der Waals surface area (Å²) in [6.07, 6.45) is 0. The van der Waals surface area contributed by atoms with Gasteiger partial charge in [0.15, 0.2) is 0 Å². The van der Waals surface area contributed by atoms with Crippen LogP contribution in [0.25, 0.3) is 5.69 Å². The SMILES string of the molecule is Cc1ccc(-n2nnnc2Nc2ccc(C)cc2Cl)cc1. The number of tetrazole rings is 1. The van der Waals surface area contributed by atoms with E-state index < -0.39 is 0 Å². The molecule has 1 aromatic heterocycles. The summed E-state index contributed by atoms with van der Waals surface area (Å²) in [6, 6.07) is 13.7. The van der Waals surface area contributed by atoms with Crippen LogP contribution in [0.3, 0.4) is 0 Å². The Balaban J connectivity index is 1.94. The number of aryl methyl sites for hydroxylation is 2. The van der Waals surface area contributed by atoms with E-state index in [1.807, 2.05) is 56.3 Å². The summed E-state index contributed by atoms with van der Waals surface area (Å²) >= 11 is 6.23. The van der Waals surface area contributed by atoms with Gasteiger partial charge in [0, 0.05) is 0 Å². The van der Waals surface area contributed by atoms with Crippen LogP contribution >= 0.6 is 11.6 Å². The van der Waals surface area contributed by atoms with E-state index in [9.17, 15) is 0 Å². The summed E-state index contributed by atoms with van der Waals surface area (Å²) in [4.78, 5) is 0. The minimum atomic E-state index is 0.518. The quantitative estimate of drug-likeness (QED) is 0.801. The van der Waals surface area contributed by atoms with E-state index in [4.69, 9.17) is 11.6 Å². The van der Waals surface area contributed by atoms with Gasteiger partial charge >= 0.3 is 0 Å². The molecule has 0 fully saturated rings. The van der Waals surface area contributed by atoms with Crippen molar-refractivity contribution in [3.05, 3.63) is 58.6 Å². The molecule has 0 radical (unpaired) electrons. The van der Waals surface area contributed by atoms with Crippen molar-refractivity contribution in [2.45, 2.75) is 13.8 Å². The van der Waals surface area contributed by atoms with E-state index in [-0.39, 0.29) is 0 Å². The summed E-state index contributed by atoms with van der Waals surface area (Å²) < 4.78 is 1.63. The molecule has 0 atom stereocenters. The fourth-order valence-electron chi connectivity index (χ4n) is 1.97. The molecular weight excluding hydrogens is 286 g/mol. The Morgan fingerprint density at radius 3 is 2.43 bits per heavy atom. The highest BCUT2D eigenvalue weighted by atomic mass is 35.5. The monoisotopic (exact) mass is 299 g/mol. The molecule has 6 heteroatoms. The van der Waals surface area contributed by atoms with Crippen LogP contribution in [-0.2, 0) is 0 Å². The van der Waals surface area contributed by atoms with Gasteiger partial charge in [-0.2, -0.15) is 4.68 Å². The van der Waals surface area contributed by atoms with Crippen LogP contribution in [0.4, 0.5) is 11.6 Å². The second-order valence-electron chi connectivity index (χ2n) is 4.86. The van der Waals surface area contributed by atoms with Crippen molar-refractivity contribution < 1.29 is 0 Å². The number of benzene rings is 2. The summed E-state index contributed by atoms with van der Waals surface area (Å²) in [6.45, 7) is 4.03. The first kappa shape index (κ1) is 13.6. The number of nitrogens with zero attached hydrogens (tertiary/aromatic N) is 4. The molecule has 0 aliphatic carbocycles. The Labute approximate surface area is 127 Å². The third-order valence-electron chi connectivity index (χ3n) is 3.12. The molecule has 3 rings (SSSR count). The highest BCUT2D eigenvalue weighted by molar-refractivity contribution is 6.33. The number of nitrogens with one attached hydrogen (secondary N) is 1. The van der Waals surface area contributed by atoms with Crippen LogP contribution in [0.5, 0.6) is 0 Å². The van der Waals surface area contributed by atoms with Crippen molar-refractivity contribution in [3.8, 4) is 5.69 Å². The van der Waals surface area contributed by atoms with Crippen LogP contribution in [0.1, 0.15) is 11.1 Å². The zero-order valence-electron chi connectivity index (χ0n) is 11.7. The number of rotatable bonds is 3. The van der Waals surface area contributed by atoms with E-state index >= 15 is 0 Å². The summed E-state index contributed by atoms with van der Waals surface area (Å²) in [5, 5.41) is 15.5. The molecule has 0 saturated heterocycles. The lowest BCUT2D eigenvalue weighted by atomic mass is 10.2. The molecule has 1 heterocycles. The maximum Gasteiger partial charge on any atom is 0.252 e. The molecule has 0 unspecified atom stereocenters. The van der Waals surface area contributed by atoms with Gasteiger partial charge in [-0.1, -0.05) is 40.5 Å². The zero-order chi connectivity index (χ0) is 14.8. The number of aromatic nitrogens is 4. The number of hydrogen-bond donors (Lipinski definition) is 1. The molecular formula is C15H14ClN5. The molecule has 0 amide bonds. The predicted molar refractivity (Wildman–Crippen MR) is 83.4 cm³/mol. The minimum absolute atomic E-state index is 0.518. The van der Waals surface area contributed by atoms with Gasteiger partial charge in [-0.25, -0.2) is 0 Å². The van der Waals surface area contributed by atoms with E-state index in [1.54, 1.807) is 4.68 Å². The summed E-state index contributed by atoms with van der Waals surface area (Å²) in [5.74, 6) is 0.518. The second kappa shape index (κ2) is 5.54. The van der Waals surface area contributed by atoms with Crippen molar-refractivity contribution in [1.29, 1.82) is 0 Å². The lowest BCUT2D eigenvalue weighted by Crippen LogP contribution is -2.03. The molecule has 106 valence electrons. The highest BCUT2D eigenvalue weighted by Gasteiger charge is 2.10. The van der Waals surface area contributed by atoms with Gasteiger partial charge in [-0.05, 0) is 54.1 Å². The molecule has 0 bridgehead atoms. The van der Waals surface area contributed by atoms with Gasteiger partial charge in [-0.15, -0.1) is 0 Å². The molecule has 0 spiro atoms. The first-order chi connectivity index (χ1) is 10.1. The van der Waals surface area contributed by atoms with Gasteiger partial charge in [-0.3, -0.25) is 0 Å². The average molecular weight is 300 g/mol. The first-order valence-electron chi connectivity index (χ1n) is 6.52. The molecule has 0 saturated carbocycles. The molecule has 21 heavy (non-hydrogen) atoms. The lowest BCUT2D eigenvalue weighted by molar-refractivity contribution is 0.791. The second-order valence-corrected chi connectivity index (χ2v) is 5.27. The van der Waals surface area contributed by atoms with Crippen LogP contribution in [0, 0.1) is 13.8 Å². The predicted octanol–water partition coefficient (Wildman–Crippen LogP) is 3.68. The first-order valence-corrected chi connectivity index (χ1v) is 6.90. The molecule has 5 nitrogen and oxygen atoms in total. The number of hydrogen-bond acceptors (Lipinski definition) is 4. The van der Waals surface area contributed by atoms with E-state index in [2.05, 4.69) is 20.8 Å². The Kier molecular flexibility index (Phi) is 3.58. The molecule has 1 N–H and O–H groups in total. The van der Waals surface area contributed by atoms with Crippen molar-refractivity contribution in [2.24, 2.45) is 0 Å². The standard InChI is InChI=1S/C15H14ClN5/c1-10-3-6-12(7-4-10)21-15(18-19-20-21)17-14-8-5-11(2)9-13(14)16/h3-9H,1-2H3,(H,17,18,20). The van der Waals surface area contributed by atoms with E-state index in [1.165, 1.54) is 5.56 Å². The lowest BCUT2D eigenvalue weighted by Gasteiger charge is -2.09. The van der Waals surface area contributed by atoms with Crippen molar-refractivity contribution in [3.63, 3.8) is 0 Å². The largest absolute Gasteiger partial charge is 0.321 e. The van der Waals surface area contributed by atoms with Gasteiger partial charge in [0.25, 0.3) is 5.95 Å². The van der Waals surface area contributed by atoms with E-state index in [0.717, 1.165) is 16.9 Å². The minimum Gasteiger partial charge on any atom is -0.321 e. The third kappa shape index (κ3) is 2.87. The average Bonchev–Trinajstić information content (AvgIpc) is 2.91. The maximum absolute atomic E-state index is 6.23. The zero-order valence-corrected chi connectivity index (χ0v) is 12.5. The van der Waals surface area contributed by atoms with Crippen LogP contribution in [-0.4, -0.2) is 20.2 Å². The van der Waals surface area contributed by atoms with Crippen molar-refractivity contribution in [2.75, 3.05) is 5.32 Å². The third-order valence-corrected chi connectivity index (χ3v) is 3.43. The summed E-state index contributed by atoms with van der Waals surface area (Å²) in [5.41, 5.74) is 3.94. The smallest absolute Gasteiger partial charge is 0.252 e. The van der Waals surface area contributed by atoms with Crippen molar-refractivity contribution >= 4 is 23.2 Å². The normalized spacial score (nSPS) is 10.6. The van der Waals surface area contributed by atoms with Gasteiger partial charge in [0.05, 0.1) is 16.4 Å². The van der Waals surface area contributed by atoms with Crippen molar-refractivity contribution in [1.82, 2.24) is 20.2 Å². The highest BCUT2D eigenvalue weighted by Crippen LogP contribution is 2.26. The topological polar surface area (TPSA) is 55.6 Å². The van der Waals surface area contributed by atoms with Crippen LogP contribution in [0.2, 0.25) is 5.02 Å². The van der Waals surface area contributed by atoms with Gasteiger partial charge in [0.1, 0.15) is 0 Å². The van der Waals surface area contributed by atoms with Gasteiger partial charge < -0.3 is 5.32 Å². The Morgan fingerprint density at radius 1 is 1.00 bits per heavy atom.